The lowest BCUT2D eigenvalue weighted by atomic mass is 9.96. The van der Waals surface area contributed by atoms with Gasteiger partial charge < -0.3 is 25.4 Å². The molecule has 1 rings (SSSR count). The van der Waals surface area contributed by atoms with Gasteiger partial charge in [0.1, 0.15) is 23.9 Å². The summed E-state index contributed by atoms with van der Waals surface area (Å²) in [6.45, 7) is 14.3. The number of hydrogen-bond donors (Lipinski definition) is 3. The van der Waals surface area contributed by atoms with E-state index >= 15 is 0 Å². The van der Waals surface area contributed by atoms with E-state index in [1.54, 1.807) is 32.9 Å². The second-order valence-corrected chi connectivity index (χ2v) is 9.98. The third-order valence-corrected chi connectivity index (χ3v) is 4.60. The SMILES string of the molecule is CCCC(C)NC(=O)C(c1ccc(O)cc1)N(C(=O)CNC(=O)OC(C)(C)C)C(C)(C)C. The molecule has 2 unspecified atom stereocenters. The first-order valence-corrected chi connectivity index (χ1v) is 11.0. The van der Waals surface area contributed by atoms with Crippen molar-refractivity contribution in [1.29, 1.82) is 0 Å². The molecule has 3 amide bonds. The molecule has 0 aliphatic rings. The number of carbonyl (C=O) groups is 3. The number of amides is 3. The quantitative estimate of drug-likeness (QED) is 0.558. The molecule has 0 fully saturated rings. The zero-order valence-corrected chi connectivity index (χ0v) is 20.6. The summed E-state index contributed by atoms with van der Waals surface area (Å²) < 4.78 is 5.21. The van der Waals surface area contributed by atoms with Crippen molar-refractivity contribution in [2.75, 3.05) is 6.54 Å². The molecule has 32 heavy (non-hydrogen) atoms. The molecule has 0 heterocycles. The van der Waals surface area contributed by atoms with E-state index in [0.29, 0.717) is 5.56 Å². The van der Waals surface area contributed by atoms with Crippen LogP contribution in [0.3, 0.4) is 0 Å². The van der Waals surface area contributed by atoms with Crippen molar-refractivity contribution in [2.45, 2.75) is 91.5 Å². The Bertz CT molecular complexity index is 778. The second kappa shape index (κ2) is 11.2. The average molecular weight is 450 g/mol. The monoisotopic (exact) mass is 449 g/mol. The van der Waals surface area contributed by atoms with Crippen LogP contribution < -0.4 is 10.6 Å². The molecule has 0 radical (unpaired) electrons. The maximum absolute atomic E-state index is 13.4. The van der Waals surface area contributed by atoms with Crippen LogP contribution in [-0.2, 0) is 14.3 Å². The summed E-state index contributed by atoms with van der Waals surface area (Å²) in [7, 11) is 0. The Morgan fingerprint density at radius 1 is 1.06 bits per heavy atom. The number of hydrogen-bond acceptors (Lipinski definition) is 5. The van der Waals surface area contributed by atoms with Crippen molar-refractivity contribution in [3.63, 3.8) is 0 Å². The fraction of sp³-hybridized carbons (Fsp3) is 0.625. The lowest BCUT2D eigenvalue weighted by Gasteiger charge is -2.41. The highest BCUT2D eigenvalue weighted by molar-refractivity contribution is 5.91. The molecule has 8 heteroatoms. The van der Waals surface area contributed by atoms with Crippen LogP contribution in [0.5, 0.6) is 5.75 Å². The number of alkyl carbamates (subject to hydrolysis) is 1. The minimum Gasteiger partial charge on any atom is -0.508 e. The zero-order chi connectivity index (χ0) is 24.7. The van der Waals surface area contributed by atoms with Crippen LogP contribution in [0.2, 0.25) is 0 Å². The Morgan fingerprint density at radius 2 is 1.62 bits per heavy atom. The van der Waals surface area contributed by atoms with E-state index < -0.39 is 29.2 Å². The third-order valence-electron chi connectivity index (χ3n) is 4.60. The van der Waals surface area contributed by atoms with Crippen LogP contribution in [0, 0.1) is 0 Å². The molecule has 0 aliphatic heterocycles. The van der Waals surface area contributed by atoms with Crippen LogP contribution in [0.1, 0.15) is 79.8 Å². The van der Waals surface area contributed by atoms with Gasteiger partial charge >= 0.3 is 6.09 Å². The van der Waals surface area contributed by atoms with Gasteiger partial charge in [0.25, 0.3) is 0 Å². The van der Waals surface area contributed by atoms with Crippen molar-refractivity contribution in [3.8, 4) is 5.75 Å². The molecule has 180 valence electrons. The molecule has 0 bridgehead atoms. The summed E-state index contributed by atoms with van der Waals surface area (Å²) in [6.07, 6.45) is 1.01. The highest BCUT2D eigenvalue weighted by Gasteiger charge is 2.38. The van der Waals surface area contributed by atoms with E-state index in [1.807, 2.05) is 34.6 Å². The summed E-state index contributed by atoms with van der Waals surface area (Å²) in [6, 6.07) is 5.20. The molecule has 0 spiro atoms. The number of phenolic OH excluding ortho intramolecular Hbond substituents is 1. The van der Waals surface area contributed by atoms with Crippen molar-refractivity contribution >= 4 is 17.9 Å². The number of benzene rings is 1. The molecular formula is C24H39N3O5. The minimum absolute atomic E-state index is 0.0625. The minimum atomic E-state index is -0.942. The Morgan fingerprint density at radius 3 is 2.09 bits per heavy atom. The molecule has 0 aromatic heterocycles. The van der Waals surface area contributed by atoms with Gasteiger partial charge in [-0.25, -0.2) is 4.79 Å². The van der Waals surface area contributed by atoms with Gasteiger partial charge in [0.05, 0.1) is 0 Å². The lowest BCUT2D eigenvalue weighted by Crippen LogP contribution is -2.55. The number of nitrogens with zero attached hydrogens (tertiary/aromatic N) is 1. The lowest BCUT2D eigenvalue weighted by molar-refractivity contribution is -0.146. The molecule has 8 nitrogen and oxygen atoms in total. The molecule has 0 aliphatic carbocycles. The fourth-order valence-corrected chi connectivity index (χ4v) is 3.35. The maximum atomic E-state index is 13.4. The van der Waals surface area contributed by atoms with Gasteiger partial charge in [-0.3, -0.25) is 9.59 Å². The highest BCUT2D eigenvalue weighted by atomic mass is 16.6. The van der Waals surface area contributed by atoms with Crippen LogP contribution in [0.15, 0.2) is 24.3 Å². The molecule has 2 atom stereocenters. The largest absolute Gasteiger partial charge is 0.508 e. The maximum Gasteiger partial charge on any atom is 0.408 e. The van der Waals surface area contributed by atoms with Crippen molar-refractivity contribution in [3.05, 3.63) is 29.8 Å². The van der Waals surface area contributed by atoms with E-state index in [2.05, 4.69) is 10.6 Å². The summed E-state index contributed by atoms with van der Waals surface area (Å²) in [4.78, 5) is 40.2. The predicted octanol–water partition coefficient (Wildman–Crippen LogP) is 3.89. The summed E-state index contributed by atoms with van der Waals surface area (Å²) >= 11 is 0. The van der Waals surface area contributed by atoms with Gasteiger partial charge in [-0.2, -0.15) is 0 Å². The smallest absolute Gasteiger partial charge is 0.408 e. The molecular weight excluding hydrogens is 410 g/mol. The number of ether oxygens (including phenoxy) is 1. The molecule has 0 saturated heterocycles. The van der Waals surface area contributed by atoms with Crippen LogP contribution in [0.25, 0.3) is 0 Å². The third kappa shape index (κ3) is 8.77. The fourth-order valence-electron chi connectivity index (χ4n) is 3.35. The highest BCUT2D eigenvalue weighted by Crippen LogP contribution is 2.30. The standard InChI is InChI=1S/C24H39N3O5/c1-9-10-16(2)26-21(30)20(17-11-13-18(28)14-12-17)27(23(3,4)5)19(29)15-25-22(31)32-24(6,7)8/h11-14,16,20,28H,9-10,15H2,1-8H3,(H,25,31)(H,26,30). The van der Waals surface area contributed by atoms with Gasteiger partial charge in [-0.15, -0.1) is 0 Å². The van der Waals surface area contributed by atoms with Crippen LogP contribution in [0.4, 0.5) is 4.79 Å². The number of nitrogens with one attached hydrogen (secondary N) is 2. The van der Waals surface area contributed by atoms with E-state index in [1.165, 1.54) is 17.0 Å². The van der Waals surface area contributed by atoms with E-state index in [-0.39, 0.29) is 24.2 Å². The summed E-state index contributed by atoms with van der Waals surface area (Å²) in [5.41, 5.74) is -0.869. The first-order valence-electron chi connectivity index (χ1n) is 11.0. The van der Waals surface area contributed by atoms with Gasteiger partial charge in [0.15, 0.2) is 0 Å². The van der Waals surface area contributed by atoms with Crippen molar-refractivity contribution in [2.24, 2.45) is 0 Å². The van der Waals surface area contributed by atoms with Crippen molar-refractivity contribution in [1.82, 2.24) is 15.5 Å². The van der Waals surface area contributed by atoms with Gasteiger partial charge in [-0.1, -0.05) is 25.5 Å². The first-order chi connectivity index (χ1) is 14.7. The Labute approximate surface area is 191 Å². The topological polar surface area (TPSA) is 108 Å². The zero-order valence-electron chi connectivity index (χ0n) is 20.6. The Hall–Kier alpha value is -2.77. The number of carbonyl (C=O) groups excluding carboxylic acids is 3. The van der Waals surface area contributed by atoms with Crippen molar-refractivity contribution < 1.29 is 24.2 Å². The predicted molar refractivity (Wildman–Crippen MR) is 124 cm³/mol. The number of rotatable bonds is 8. The van der Waals surface area contributed by atoms with E-state index in [4.69, 9.17) is 4.74 Å². The molecule has 0 saturated carbocycles. The van der Waals surface area contributed by atoms with Gasteiger partial charge in [0.2, 0.25) is 11.8 Å². The number of phenols is 1. The van der Waals surface area contributed by atoms with E-state index in [0.717, 1.165) is 12.8 Å². The normalized spacial score (nSPS) is 13.6. The van der Waals surface area contributed by atoms with Gasteiger partial charge in [-0.05, 0) is 72.6 Å². The summed E-state index contributed by atoms with van der Waals surface area (Å²) in [5, 5.41) is 15.2. The molecule has 1 aromatic carbocycles. The Kier molecular flexibility index (Phi) is 9.54. The average Bonchev–Trinajstić information content (AvgIpc) is 2.62. The first kappa shape index (κ1) is 27.3. The Balaban J connectivity index is 3.25. The number of aromatic hydroxyl groups is 1. The summed E-state index contributed by atoms with van der Waals surface area (Å²) in [5.74, 6) is -0.690. The van der Waals surface area contributed by atoms with Gasteiger partial charge in [0, 0.05) is 11.6 Å². The van der Waals surface area contributed by atoms with E-state index in [9.17, 15) is 19.5 Å². The molecule has 3 N–H and O–H groups in total. The van der Waals surface area contributed by atoms with Crippen LogP contribution in [-0.4, -0.2) is 51.6 Å². The second-order valence-electron chi connectivity index (χ2n) is 9.98. The molecule has 1 aromatic rings. The van der Waals surface area contributed by atoms with Crippen LogP contribution >= 0.6 is 0 Å².